The maximum absolute atomic E-state index is 14.8. The van der Waals surface area contributed by atoms with E-state index in [-0.39, 0.29) is 12.2 Å². The molecule has 10 nitrogen and oxygen atoms in total. The topological polar surface area (TPSA) is 113 Å². The summed E-state index contributed by atoms with van der Waals surface area (Å²) in [4.78, 5) is 13.8. The highest BCUT2D eigenvalue weighted by Gasteiger charge is 2.42. The van der Waals surface area contributed by atoms with Crippen molar-refractivity contribution in [2.24, 2.45) is 7.05 Å². The number of nitrogens with one attached hydrogen (secondary N) is 3. The number of aromatic nitrogens is 7. The number of H-pyrrole nitrogens is 2. The number of alkyl halides is 2. The molecule has 0 bridgehead atoms. The van der Waals surface area contributed by atoms with E-state index in [1.165, 1.54) is 5.56 Å². The molecule has 40 heavy (non-hydrogen) atoms. The summed E-state index contributed by atoms with van der Waals surface area (Å²) >= 11 is 0. The molecule has 1 fully saturated rings. The molecule has 3 aromatic heterocycles. The van der Waals surface area contributed by atoms with E-state index in [1.54, 1.807) is 28.8 Å². The number of hydrogen-bond acceptors (Lipinski definition) is 7. The van der Waals surface area contributed by atoms with Gasteiger partial charge in [-0.1, -0.05) is 13.0 Å². The van der Waals surface area contributed by atoms with Gasteiger partial charge < -0.3 is 15.0 Å². The molecule has 1 aliphatic heterocycles. The Morgan fingerprint density at radius 3 is 2.80 bits per heavy atom. The minimum absolute atomic E-state index is 0.125. The Labute approximate surface area is 228 Å². The number of halogens is 2. The number of hydrogen-bond donors (Lipinski definition) is 3. The van der Waals surface area contributed by atoms with Gasteiger partial charge in [0.25, 0.3) is 0 Å². The first-order chi connectivity index (χ1) is 19.3. The number of aryl methyl sites for hydroxylation is 1. The van der Waals surface area contributed by atoms with E-state index in [2.05, 4.69) is 30.6 Å². The zero-order valence-corrected chi connectivity index (χ0v) is 22.4. The maximum atomic E-state index is 14.8. The second-order valence-electron chi connectivity index (χ2n) is 10.5. The Hall–Kier alpha value is -4.32. The lowest BCUT2D eigenvalue weighted by Crippen LogP contribution is -2.40. The van der Waals surface area contributed by atoms with Crippen molar-refractivity contribution in [3.05, 3.63) is 53.5 Å². The van der Waals surface area contributed by atoms with Gasteiger partial charge in [0.2, 0.25) is 5.95 Å². The molecule has 0 atom stereocenters. The van der Waals surface area contributed by atoms with Gasteiger partial charge in [-0.2, -0.15) is 18.9 Å². The standard InChI is InChI=1S/C28H29F2N9O/c1-4-39-13-21-24(28(29,30)14-39)34-26(32-21)17-8-7-16(11-22(17)40-3)25-35-27(38(2)37-25)33-20-10-9-19-18(12-31-36-19)23(20)15-5-6-15/h7-12,15H,4-6,13-14H2,1-3H3,(H,31,36)(H,32,34)(H,33,35,37). The van der Waals surface area contributed by atoms with Gasteiger partial charge in [-0.05, 0) is 55.1 Å². The molecule has 2 aromatic carbocycles. The fourth-order valence-corrected chi connectivity index (χ4v) is 5.53. The highest BCUT2D eigenvalue weighted by atomic mass is 19.3. The van der Waals surface area contributed by atoms with Crippen LogP contribution in [0.2, 0.25) is 0 Å². The van der Waals surface area contributed by atoms with Gasteiger partial charge in [0.15, 0.2) is 5.82 Å². The van der Waals surface area contributed by atoms with Gasteiger partial charge in [-0.25, -0.2) is 9.67 Å². The monoisotopic (exact) mass is 545 g/mol. The summed E-state index contributed by atoms with van der Waals surface area (Å²) in [6.07, 6.45) is 4.19. The molecule has 12 heteroatoms. The van der Waals surface area contributed by atoms with Crippen molar-refractivity contribution < 1.29 is 13.5 Å². The van der Waals surface area contributed by atoms with E-state index in [1.807, 2.05) is 38.4 Å². The number of imidazole rings is 1. The van der Waals surface area contributed by atoms with Gasteiger partial charge in [-0.15, -0.1) is 5.10 Å². The summed E-state index contributed by atoms with van der Waals surface area (Å²) in [6, 6.07) is 9.52. The lowest BCUT2D eigenvalue weighted by atomic mass is 10.0. The molecule has 1 saturated carbocycles. The summed E-state index contributed by atoms with van der Waals surface area (Å²) in [5.41, 5.74) is 4.82. The average Bonchev–Trinajstić information content (AvgIpc) is 3.32. The fraction of sp³-hybridized carbons (Fsp3) is 0.357. The third-order valence-electron chi connectivity index (χ3n) is 7.76. The van der Waals surface area contributed by atoms with Crippen LogP contribution >= 0.6 is 0 Å². The number of likely N-dealkylation sites (N-methyl/N-ethyl adjacent to an activating group) is 1. The van der Waals surface area contributed by atoms with Crippen LogP contribution in [0.3, 0.4) is 0 Å². The Balaban J connectivity index is 1.20. The Kier molecular flexibility index (Phi) is 5.63. The third-order valence-corrected chi connectivity index (χ3v) is 7.76. The highest BCUT2D eigenvalue weighted by molar-refractivity contribution is 5.89. The average molecular weight is 546 g/mol. The number of fused-ring (bicyclic) bond motifs is 2. The summed E-state index contributed by atoms with van der Waals surface area (Å²) in [7, 11) is 3.38. The quantitative estimate of drug-likeness (QED) is 0.254. The van der Waals surface area contributed by atoms with Crippen molar-refractivity contribution >= 4 is 22.5 Å². The Morgan fingerprint density at radius 2 is 2.02 bits per heavy atom. The number of rotatable bonds is 7. The van der Waals surface area contributed by atoms with Crippen LogP contribution in [0, 0.1) is 0 Å². The lowest BCUT2D eigenvalue weighted by molar-refractivity contribution is -0.0548. The van der Waals surface area contributed by atoms with E-state index >= 15 is 0 Å². The molecule has 7 rings (SSSR count). The van der Waals surface area contributed by atoms with Crippen LogP contribution in [-0.2, 0) is 19.5 Å². The van der Waals surface area contributed by atoms with Crippen LogP contribution in [0.1, 0.15) is 42.6 Å². The molecular formula is C28H29F2N9O. The van der Waals surface area contributed by atoms with E-state index in [4.69, 9.17) is 9.72 Å². The van der Waals surface area contributed by atoms with E-state index in [0.717, 1.165) is 35.0 Å². The fourth-order valence-electron chi connectivity index (χ4n) is 5.53. The van der Waals surface area contributed by atoms with Crippen LogP contribution in [0.5, 0.6) is 5.75 Å². The predicted molar refractivity (Wildman–Crippen MR) is 147 cm³/mol. The molecule has 3 N–H and O–H groups in total. The molecule has 2 aliphatic rings. The predicted octanol–water partition coefficient (Wildman–Crippen LogP) is 5.31. The van der Waals surface area contributed by atoms with Crippen molar-refractivity contribution in [2.45, 2.75) is 38.2 Å². The molecule has 0 saturated heterocycles. The minimum atomic E-state index is -3.00. The number of nitrogens with zero attached hydrogens (tertiary/aromatic N) is 6. The number of benzene rings is 2. The van der Waals surface area contributed by atoms with Crippen LogP contribution in [0.4, 0.5) is 20.4 Å². The van der Waals surface area contributed by atoms with E-state index in [0.29, 0.717) is 53.6 Å². The molecular weight excluding hydrogens is 516 g/mol. The number of methoxy groups -OCH3 is 1. The summed E-state index contributed by atoms with van der Waals surface area (Å²) in [6.45, 7) is 2.45. The van der Waals surface area contributed by atoms with E-state index in [9.17, 15) is 8.78 Å². The first kappa shape index (κ1) is 24.7. The largest absolute Gasteiger partial charge is 0.496 e. The lowest BCUT2D eigenvalue weighted by Gasteiger charge is -2.30. The molecule has 0 amide bonds. The Bertz CT molecular complexity index is 1730. The van der Waals surface area contributed by atoms with Gasteiger partial charge in [-0.3, -0.25) is 10.00 Å². The molecule has 5 aromatic rings. The van der Waals surface area contributed by atoms with Crippen LogP contribution < -0.4 is 10.1 Å². The maximum Gasteiger partial charge on any atom is 0.301 e. The molecule has 4 heterocycles. The molecule has 0 radical (unpaired) electrons. The minimum Gasteiger partial charge on any atom is -0.496 e. The first-order valence-electron chi connectivity index (χ1n) is 13.4. The summed E-state index contributed by atoms with van der Waals surface area (Å²) in [5.74, 6) is -0.539. The molecule has 0 spiro atoms. The van der Waals surface area contributed by atoms with Gasteiger partial charge in [0.1, 0.15) is 17.3 Å². The highest BCUT2D eigenvalue weighted by Crippen LogP contribution is 2.47. The summed E-state index contributed by atoms with van der Waals surface area (Å²) in [5, 5.41) is 16.5. The van der Waals surface area contributed by atoms with E-state index < -0.39 is 5.92 Å². The normalized spacial score (nSPS) is 16.8. The Morgan fingerprint density at radius 1 is 1.18 bits per heavy atom. The van der Waals surface area contributed by atoms with Crippen molar-refractivity contribution in [1.82, 2.24) is 39.8 Å². The zero-order valence-electron chi connectivity index (χ0n) is 22.4. The van der Waals surface area contributed by atoms with Crippen molar-refractivity contribution in [3.63, 3.8) is 0 Å². The second kappa shape index (κ2) is 9.12. The second-order valence-corrected chi connectivity index (χ2v) is 10.5. The van der Waals surface area contributed by atoms with Crippen molar-refractivity contribution in [2.75, 3.05) is 25.5 Å². The van der Waals surface area contributed by atoms with Gasteiger partial charge in [0.05, 0.1) is 36.6 Å². The third kappa shape index (κ3) is 4.10. The van der Waals surface area contributed by atoms with Crippen LogP contribution in [0.25, 0.3) is 33.7 Å². The molecule has 1 aliphatic carbocycles. The van der Waals surface area contributed by atoms with Crippen molar-refractivity contribution in [1.29, 1.82) is 0 Å². The molecule has 206 valence electrons. The SMILES string of the molecule is CCN1Cc2nc(-c3ccc(-c4nc(Nc5ccc6[nH]ncc6c5C5CC5)n(C)n4)cc3OC)[nH]c2C(F)(F)C1. The smallest absolute Gasteiger partial charge is 0.301 e. The van der Waals surface area contributed by atoms with Crippen molar-refractivity contribution in [3.8, 4) is 28.5 Å². The molecule has 0 unspecified atom stereocenters. The zero-order chi connectivity index (χ0) is 27.6. The van der Waals surface area contributed by atoms with Gasteiger partial charge in [0, 0.05) is 30.2 Å². The first-order valence-corrected chi connectivity index (χ1v) is 13.4. The number of anilines is 2. The number of ether oxygens (including phenoxy) is 1. The summed E-state index contributed by atoms with van der Waals surface area (Å²) < 4.78 is 36.9. The van der Waals surface area contributed by atoms with Gasteiger partial charge >= 0.3 is 5.92 Å². The number of aromatic amines is 2. The van der Waals surface area contributed by atoms with Crippen LogP contribution in [0.15, 0.2) is 36.5 Å². The van der Waals surface area contributed by atoms with Crippen LogP contribution in [-0.4, -0.2) is 60.0 Å².